The van der Waals surface area contributed by atoms with Crippen molar-refractivity contribution < 1.29 is 4.79 Å². The van der Waals surface area contributed by atoms with Crippen LogP contribution in [0.3, 0.4) is 0 Å². The predicted molar refractivity (Wildman–Crippen MR) is 62.9 cm³/mol. The molecule has 0 aliphatic carbocycles. The van der Waals surface area contributed by atoms with Crippen LogP contribution in [-0.4, -0.2) is 54.7 Å². The molecule has 2 aliphatic rings. The normalized spacial score (nSPS) is 25.1. The molecule has 0 radical (unpaired) electrons. The SMILES string of the molecule is CSCCN1C(=O)CNC12CCNCC2. The van der Waals surface area contributed by atoms with Crippen LogP contribution in [0, 0.1) is 0 Å². The van der Waals surface area contributed by atoms with E-state index in [1.54, 1.807) is 11.8 Å². The summed E-state index contributed by atoms with van der Waals surface area (Å²) in [5.74, 6) is 1.30. The summed E-state index contributed by atoms with van der Waals surface area (Å²) in [6.07, 6.45) is 4.16. The second-order valence-corrected chi connectivity index (χ2v) is 5.16. The molecule has 5 heteroatoms. The Hall–Kier alpha value is -0.260. The average Bonchev–Trinajstić information content (AvgIpc) is 2.55. The molecule has 2 heterocycles. The molecule has 1 amide bonds. The number of carbonyl (C=O) groups is 1. The third-order valence-electron chi connectivity index (χ3n) is 3.34. The molecule has 0 aromatic heterocycles. The van der Waals surface area contributed by atoms with E-state index in [4.69, 9.17) is 0 Å². The first-order valence-electron chi connectivity index (χ1n) is 5.54. The molecule has 0 aromatic rings. The molecule has 0 bridgehead atoms. The minimum atomic E-state index is -0.0297. The summed E-state index contributed by atoms with van der Waals surface area (Å²) in [5.41, 5.74) is -0.0297. The molecule has 4 nitrogen and oxygen atoms in total. The van der Waals surface area contributed by atoms with Gasteiger partial charge in [0.25, 0.3) is 0 Å². The highest BCUT2D eigenvalue weighted by atomic mass is 32.2. The number of carbonyl (C=O) groups excluding carboxylic acids is 1. The first-order valence-corrected chi connectivity index (χ1v) is 6.93. The summed E-state index contributed by atoms with van der Waals surface area (Å²) >= 11 is 1.80. The largest absolute Gasteiger partial charge is 0.322 e. The maximum Gasteiger partial charge on any atom is 0.238 e. The quantitative estimate of drug-likeness (QED) is 0.707. The van der Waals surface area contributed by atoms with Gasteiger partial charge in [0.2, 0.25) is 5.91 Å². The van der Waals surface area contributed by atoms with Crippen LogP contribution in [0.4, 0.5) is 0 Å². The fourth-order valence-corrected chi connectivity index (χ4v) is 2.84. The predicted octanol–water partition coefficient (Wildman–Crippen LogP) is -0.139. The molecule has 2 aliphatic heterocycles. The van der Waals surface area contributed by atoms with Gasteiger partial charge in [-0.2, -0.15) is 11.8 Å². The number of nitrogens with zero attached hydrogens (tertiary/aromatic N) is 1. The van der Waals surface area contributed by atoms with Crippen molar-refractivity contribution in [1.82, 2.24) is 15.5 Å². The van der Waals surface area contributed by atoms with E-state index in [1.807, 2.05) is 0 Å². The first-order chi connectivity index (χ1) is 7.28. The smallest absolute Gasteiger partial charge is 0.238 e. The Morgan fingerprint density at radius 3 is 2.87 bits per heavy atom. The van der Waals surface area contributed by atoms with Gasteiger partial charge in [-0.25, -0.2) is 0 Å². The van der Waals surface area contributed by atoms with Crippen LogP contribution in [0.15, 0.2) is 0 Å². The van der Waals surface area contributed by atoms with Gasteiger partial charge >= 0.3 is 0 Å². The monoisotopic (exact) mass is 229 g/mol. The average molecular weight is 229 g/mol. The summed E-state index contributed by atoms with van der Waals surface area (Å²) in [4.78, 5) is 13.8. The molecular weight excluding hydrogens is 210 g/mol. The van der Waals surface area contributed by atoms with E-state index in [0.29, 0.717) is 6.54 Å². The van der Waals surface area contributed by atoms with Crippen molar-refractivity contribution in [2.45, 2.75) is 18.5 Å². The lowest BCUT2D eigenvalue weighted by atomic mass is 9.97. The first kappa shape index (κ1) is 11.2. The van der Waals surface area contributed by atoms with Crippen molar-refractivity contribution in [3.63, 3.8) is 0 Å². The van der Waals surface area contributed by atoms with Gasteiger partial charge in [-0.15, -0.1) is 0 Å². The zero-order valence-corrected chi connectivity index (χ0v) is 10.0. The number of rotatable bonds is 3. The second-order valence-electron chi connectivity index (χ2n) is 4.17. The number of piperidine rings is 1. The van der Waals surface area contributed by atoms with Crippen molar-refractivity contribution in [3.8, 4) is 0 Å². The van der Waals surface area contributed by atoms with E-state index in [-0.39, 0.29) is 11.6 Å². The number of hydrogen-bond acceptors (Lipinski definition) is 4. The van der Waals surface area contributed by atoms with Crippen LogP contribution in [0.5, 0.6) is 0 Å². The van der Waals surface area contributed by atoms with Crippen molar-refractivity contribution in [3.05, 3.63) is 0 Å². The summed E-state index contributed by atoms with van der Waals surface area (Å²) < 4.78 is 0. The maximum atomic E-state index is 11.8. The van der Waals surface area contributed by atoms with E-state index in [0.717, 1.165) is 38.2 Å². The zero-order valence-electron chi connectivity index (χ0n) is 9.21. The summed E-state index contributed by atoms with van der Waals surface area (Å²) in [7, 11) is 0. The van der Waals surface area contributed by atoms with Crippen molar-refractivity contribution >= 4 is 17.7 Å². The van der Waals surface area contributed by atoms with Crippen LogP contribution in [0.25, 0.3) is 0 Å². The fourth-order valence-electron chi connectivity index (χ4n) is 2.48. The molecule has 2 fully saturated rings. The summed E-state index contributed by atoms with van der Waals surface area (Å²) in [5, 5.41) is 6.75. The van der Waals surface area contributed by atoms with Crippen molar-refractivity contribution in [2.24, 2.45) is 0 Å². The van der Waals surface area contributed by atoms with Gasteiger partial charge in [0.05, 0.1) is 12.2 Å². The molecule has 0 unspecified atom stereocenters. The number of amides is 1. The third kappa shape index (κ3) is 2.14. The molecule has 15 heavy (non-hydrogen) atoms. The van der Waals surface area contributed by atoms with Crippen LogP contribution < -0.4 is 10.6 Å². The third-order valence-corrected chi connectivity index (χ3v) is 3.93. The Kier molecular flexibility index (Phi) is 3.53. The summed E-state index contributed by atoms with van der Waals surface area (Å²) in [6.45, 7) is 3.42. The number of hydrogen-bond donors (Lipinski definition) is 2. The molecule has 0 aromatic carbocycles. The van der Waals surface area contributed by atoms with Crippen molar-refractivity contribution in [2.75, 3.05) is 38.2 Å². The van der Waals surface area contributed by atoms with Crippen LogP contribution in [0.1, 0.15) is 12.8 Å². The highest BCUT2D eigenvalue weighted by Crippen LogP contribution is 2.27. The highest BCUT2D eigenvalue weighted by Gasteiger charge is 2.44. The topological polar surface area (TPSA) is 44.4 Å². The molecule has 0 atom stereocenters. The fraction of sp³-hybridized carbons (Fsp3) is 0.900. The van der Waals surface area contributed by atoms with E-state index in [2.05, 4.69) is 21.8 Å². The van der Waals surface area contributed by atoms with Crippen LogP contribution >= 0.6 is 11.8 Å². The molecule has 2 saturated heterocycles. The Labute approximate surface area is 95.2 Å². The Balaban J connectivity index is 2.04. The zero-order chi connectivity index (χ0) is 10.7. The molecule has 86 valence electrons. The lowest BCUT2D eigenvalue weighted by molar-refractivity contribution is -0.130. The van der Waals surface area contributed by atoms with E-state index in [1.165, 1.54) is 0 Å². The van der Waals surface area contributed by atoms with Gasteiger partial charge in [-0.05, 0) is 32.2 Å². The summed E-state index contributed by atoms with van der Waals surface area (Å²) in [6, 6.07) is 0. The Morgan fingerprint density at radius 1 is 1.47 bits per heavy atom. The molecule has 2 rings (SSSR count). The number of thioether (sulfide) groups is 1. The van der Waals surface area contributed by atoms with Gasteiger partial charge < -0.3 is 10.2 Å². The maximum absolute atomic E-state index is 11.8. The van der Waals surface area contributed by atoms with E-state index >= 15 is 0 Å². The molecule has 2 N–H and O–H groups in total. The van der Waals surface area contributed by atoms with E-state index < -0.39 is 0 Å². The minimum absolute atomic E-state index is 0.0297. The van der Waals surface area contributed by atoms with Crippen LogP contribution in [0.2, 0.25) is 0 Å². The number of nitrogens with one attached hydrogen (secondary N) is 2. The molecular formula is C10H19N3OS. The lowest BCUT2D eigenvalue weighted by Gasteiger charge is -2.41. The van der Waals surface area contributed by atoms with Gasteiger partial charge in [0.1, 0.15) is 0 Å². The second kappa shape index (κ2) is 4.72. The Morgan fingerprint density at radius 2 is 2.20 bits per heavy atom. The van der Waals surface area contributed by atoms with E-state index in [9.17, 15) is 4.79 Å². The highest BCUT2D eigenvalue weighted by molar-refractivity contribution is 7.98. The Bertz CT molecular complexity index is 241. The van der Waals surface area contributed by atoms with Gasteiger partial charge in [0, 0.05) is 12.3 Å². The van der Waals surface area contributed by atoms with Crippen molar-refractivity contribution in [1.29, 1.82) is 0 Å². The standard InChI is InChI=1S/C10H19N3OS/c1-15-7-6-13-9(14)8-12-10(13)2-4-11-5-3-10/h11-12H,2-8H2,1H3. The molecule has 0 saturated carbocycles. The lowest BCUT2D eigenvalue weighted by Crippen LogP contribution is -2.58. The molecule has 1 spiro atoms. The van der Waals surface area contributed by atoms with Gasteiger partial charge in [-0.3, -0.25) is 10.1 Å². The minimum Gasteiger partial charge on any atom is -0.322 e. The van der Waals surface area contributed by atoms with Crippen LogP contribution in [-0.2, 0) is 4.79 Å². The van der Waals surface area contributed by atoms with Gasteiger partial charge in [0.15, 0.2) is 0 Å². The van der Waals surface area contributed by atoms with Gasteiger partial charge in [-0.1, -0.05) is 0 Å².